The molecule has 0 saturated heterocycles. The summed E-state index contributed by atoms with van der Waals surface area (Å²) in [5, 5.41) is 14.3. The normalized spacial score (nSPS) is 11.9. The number of benzene rings is 6. The van der Waals surface area contributed by atoms with E-state index in [4.69, 9.17) is 9.97 Å². The Labute approximate surface area is 378 Å². The van der Waals surface area contributed by atoms with Gasteiger partial charge in [0.2, 0.25) is 0 Å². The van der Waals surface area contributed by atoms with Gasteiger partial charge in [0, 0.05) is 63.9 Å². The number of hydrogen-bond acceptors (Lipinski definition) is 4. The van der Waals surface area contributed by atoms with Crippen LogP contribution in [0.3, 0.4) is 0 Å². The minimum Gasteiger partial charge on any atom is -0.507 e. The predicted octanol–water partition coefficient (Wildman–Crippen LogP) is 15.6. The molecule has 3 nitrogen and oxygen atoms in total. The van der Waals surface area contributed by atoms with Crippen LogP contribution in [0.15, 0.2) is 146 Å². The molecule has 0 fully saturated rings. The number of aryl methyl sites for hydroxylation is 2. The van der Waals surface area contributed by atoms with Crippen molar-refractivity contribution in [3.05, 3.63) is 174 Å². The van der Waals surface area contributed by atoms with E-state index in [0.717, 1.165) is 56.0 Å². The van der Waals surface area contributed by atoms with E-state index in [1.807, 2.05) is 29.5 Å². The Morgan fingerprint density at radius 1 is 0.492 bits per heavy atom. The molecule has 0 unspecified atom stereocenters. The first-order valence-electron chi connectivity index (χ1n) is 20.7. The minimum atomic E-state index is -0.0527. The largest absolute Gasteiger partial charge is 0.507 e. The number of thiophene rings is 1. The monoisotopic (exact) mass is 992 g/mol. The SMILES string of the molecule is Cc1cccc(-c2ccc(-c3cc(-c4cc(C(C)(C)C)cc(C(C)(C)C)c4)cc(-c4[c-]c(-c5cc(-c6cccc7c6sc6ccccc67)cc(C)n5)ccc4)n3)c(O)c2)c1.[Pt]. The van der Waals surface area contributed by atoms with Crippen molar-refractivity contribution in [3.63, 3.8) is 0 Å². The van der Waals surface area contributed by atoms with Gasteiger partial charge in [-0.05, 0) is 99.5 Å². The molecule has 0 bridgehead atoms. The van der Waals surface area contributed by atoms with Crippen LogP contribution in [0, 0.1) is 19.9 Å². The Hall–Kier alpha value is -5.67. The standard InChI is InChI=1S/C56H49N2OS.Pt/c1-34-14-11-15-36(24-34)37-22-23-48(52(59)32-37)51-30-41(40-27-43(55(3,4)5)33-44(28-40)56(6,7)8)29-50(58-51)39-17-12-16-38(26-39)49-31-42(25-35(2)57-49)45-19-13-20-47-46-18-9-10-21-53(46)60-54(45)47;/h9-25,27-33,59H,1-8H3;/q-1;. The fourth-order valence-electron chi connectivity index (χ4n) is 8.09. The Bertz CT molecular complexity index is 3080. The molecule has 0 atom stereocenters. The number of phenolic OH excluding ortho intramolecular Hbond substituents is 1. The fourth-order valence-corrected chi connectivity index (χ4v) is 9.33. The van der Waals surface area contributed by atoms with Gasteiger partial charge in [-0.2, -0.15) is 0 Å². The maximum absolute atomic E-state index is 11.7. The van der Waals surface area contributed by atoms with Crippen molar-refractivity contribution in [2.24, 2.45) is 0 Å². The van der Waals surface area contributed by atoms with Gasteiger partial charge in [0.1, 0.15) is 5.75 Å². The van der Waals surface area contributed by atoms with Gasteiger partial charge in [-0.15, -0.1) is 35.6 Å². The summed E-state index contributed by atoms with van der Waals surface area (Å²) in [5.41, 5.74) is 15.8. The van der Waals surface area contributed by atoms with Crippen LogP contribution in [0.1, 0.15) is 63.9 Å². The number of fused-ring (bicyclic) bond motifs is 3. The molecule has 0 spiro atoms. The predicted molar refractivity (Wildman–Crippen MR) is 255 cm³/mol. The molecule has 6 aromatic carbocycles. The molecule has 0 aliphatic carbocycles. The molecule has 3 heterocycles. The summed E-state index contributed by atoms with van der Waals surface area (Å²) in [5.74, 6) is 0.186. The number of phenols is 1. The number of hydrogen-bond donors (Lipinski definition) is 1. The molecule has 306 valence electrons. The molecule has 0 saturated carbocycles. The van der Waals surface area contributed by atoms with E-state index >= 15 is 0 Å². The van der Waals surface area contributed by atoms with Crippen LogP contribution < -0.4 is 0 Å². The molecule has 3 aromatic heterocycles. The summed E-state index contributed by atoms with van der Waals surface area (Å²) >= 11 is 1.84. The van der Waals surface area contributed by atoms with Crippen molar-refractivity contribution in [1.29, 1.82) is 0 Å². The van der Waals surface area contributed by atoms with Gasteiger partial charge in [-0.1, -0.05) is 155 Å². The summed E-state index contributed by atoms with van der Waals surface area (Å²) in [7, 11) is 0. The van der Waals surface area contributed by atoms with Crippen molar-refractivity contribution < 1.29 is 26.2 Å². The Kier molecular flexibility index (Phi) is 11.2. The average Bonchev–Trinajstić information content (AvgIpc) is 3.61. The topological polar surface area (TPSA) is 46.0 Å². The first kappa shape index (κ1) is 42.0. The van der Waals surface area contributed by atoms with Crippen molar-refractivity contribution in [3.8, 4) is 72.9 Å². The number of nitrogens with zero attached hydrogens (tertiary/aromatic N) is 2. The Morgan fingerprint density at radius 3 is 1.80 bits per heavy atom. The van der Waals surface area contributed by atoms with Crippen molar-refractivity contribution in [2.75, 3.05) is 0 Å². The second kappa shape index (κ2) is 16.3. The van der Waals surface area contributed by atoms with Crippen LogP contribution >= 0.6 is 11.3 Å². The van der Waals surface area contributed by atoms with E-state index < -0.39 is 0 Å². The molecule has 1 N–H and O–H groups in total. The summed E-state index contributed by atoms with van der Waals surface area (Å²) in [6.45, 7) is 17.8. The van der Waals surface area contributed by atoms with E-state index in [-0.39, 0.29) is 37.6 Å². The van der Waals surface area contributed by atoms with Crippen molar-refractivity contribution in [1.82, 2.24) is 9.97 Å². The van der Waals surface area contributed by atoms with Gasteiger partial charge < -0.3 is 5.11 Å². The maximum Gasteiger partial charge on any atom is 0.125 e. The smallest absolute Gasteiger partial charge is 0.125 e. The molecule has 5 heteroatoms. The number of aromatic nitrogens is 2. The summed E-state index contributed by atoms with van der Waals surface area (Å²) < 4.78 is 2.57. The second-order valence-corrected chi connectivity index (χ2v) is 19.2. The summed E-state index contributed by atoms with van der Waals surface area (Å²) in [4.78, 5) is 10.3. The number of aromatic hydroxyl groups is 1. The van der Waals surface area contributed by atoms with E-state index in [9.17, 15) is 5.11 Å². The van der Waals surface area contributed by atoms with E-state index in [1.165, 1.54) is 42.4 Å². The number of pyridine rings is 2. The van der Waals surface area contributed by atoms with E-state index in [2.05, 4.69) is 189 Å². The van der Waals surface area contributed by atoms with Crippen LogP contribution in [0.4, 0.5) is 0 Å². The molecule has 0 aliphatic rings. The third-order valence-corrected chi connectivity index (χ3v) is 12.7. The molecule has 0 aliphatic heterocycles. The molecule has 9 aromatic rings. The molecular formula is C56H49N2OPtS-. The third kappa shape index (κ3) is 8.50. The van der Waals surface area contributed by atoms with Gasteiger partial charge in [-0.25, -0.2) is 0 Å². The van der Waals surface area contributed by atoms with Crippen LogP contribution in [-0.2, 0) is 31.9 Å². The summed E-state index contributed by atoms with van der Waals surface area (Å²) in [6.07, 6.45) is 0. The minimum absolute atomic E-state index is 0. The second-order valence-electron chi connectivity index (χ2n) is 18.2. The van der Waals surface area contributed by atoms with E-state index in [1.54, 1.807) is 0 Å². The quantitative estimate of drug-likeness (QED) is 0.169. The molecule has 61 heavy (non-hydrogen) atoms. The zero-order valence-corrected chi connectivity index (χ0v) is 39.0. The zero-order chi connectivity index (χ0) is 41.9. The molecule has 0 amide bonds. The van der Waals surface area contributed by atoms with Gasteiger partial charge >= 0.3 is 0 Å². The average molecular weight is 993 g/mol. The van der Waals surface area contributed by atoms with Crippen LogP contribution in [-0.4, -0.2) is 15.1 Å². The van der Waals surface area contributed by atoms with Crippen LogP contribution in [0.5, 0.6) is 5.75 Å². The molecule has 0 radical (unpaired) electrons. The maximum atomic E-state index is 11.7. The van der Waals surface area contributed by atoms with E-state index in [0.29, 0.717) is 11.3 Å². The van der Waals surface area contributed by atoms with Gasteiger partial charge in [0.05, 0.1) is 5.69 Å². The first-order valence-corrected chi connectivity index (χ1v) is 21.5. The van der Waals surface area contributed by atoms with Crippen LogP contribution in [0.2, 0.25) is 0 Å². The van der Waals surface area contributed by atoms with Crippen molar-refractivity contribution in [2.45, 2.75) is 66.2 Å². The molecular weight excluding hydrogens is 944 g/mol. The Balaban J connectivity index is 0.00000514. The van der Waals surface area contributed by atoms with Crippen molar-refractivity contribution >= 4 is 31.5 Å². The summed E-state index contributed by atoms with van der Waals surface area (Å²) in [6, 6.07) is 55.1. The Morgan fingerprint density at radius 2 is 1.10 bits per heavy atom. The van der Waals surface area contributed by atoms with Gasteiger partial charge in [0.15, 0.2) is 0 Å². The number of rotatable bonds is 6. The van der Waals surface area contributed by atoms with Gasteiger partial charge in [0.25, 0.3) is 0 Å². The molecule has 9 rings (SSSR count). The third-order valence-electron chi connectivity index (χ3n) is 11.5. The zero-order valence-electron chi connectivity index (χ0n) is 35.9. The first-order chi connectivity index (χ1) is 28.7. The fraction of sp³-hybridized carbons (Fsp3) is 0.179. The van der Waals surface area contributed by atoms with Gasteiger partial charge in [-0.3, -0.25) is 9.97 Å². The van der Waals surface area contributed by atoms with Crippen LogP contribution in [0.25, 0.3) is 87.3 Å².